The summed E-state index contributed by atoms with van der Waals surface area (Å²) in [6.07, 6.45) is 19.3. The number of fused-ring (bicyclic) bond motifs is 12. The van der Waals surface area contributed by atoms with Crippen LogP contribution < -0.4 is 0 Å². The number of hydrogen-bond donors (Lipinski definition) is 0. The molecule has 0 heteroatoms. The summed E-state index contributed by atoms with van der Waals surface area (Å²) in [5.41, 5.74) is 4.30. The SMILES string of the molecule is CC1=CC2C3C4CCCC=C4C4C5CC5CCCC4C3C3CC(C)C(C)C3CC12C. The number of allylic oxidation sites excluding steroid dienone is 4. The first-order valence-electron chi connectivity index (χ1n) is 13.9. The fraction of sp³-hybridized carbons (Fsp3) is 0.867. The van der Waals surface area contributed by atoms with Crippen LogP contribution in [-0.2, 0) is 0 Å². The molecule has 5 fully saturated rings. The molecule has 0 saturated heterocycles. The molecule has 0 nitrogen and oxygen atoms in total. The van der Waals surface area contributed by atoms with E-state index < -0.39 is 0 Å². The van der Waals surface area contributed by atoms with Gasteiger partial charge in [-0.1, -0.05) is 56.9 Å². The van der Waals surface area contributed by atoms with Gasteiger partial charge in [0.2, 0.25) is 0 Å². The third kappa shape index (κ3) is 2.30. The smallest absolute Gasteiger partial charge is 0.00504 e. The highest BCUT2D eigenvalue weighted by atomic mass is 14.7. The molecular weight excluding hydrogens is 360 g/mol. The van der Waals surface area contributed by atoms with Crippen LogP contribution in [0.15, 0.2) is 23.3 Å². The zero-order chi connectivity index (χ0) is 20.4. The van der Waals surface area contributed by atoms with Crippen LogP contribution in [-0.4, -0.2) is 0 Å². The molecule has 0 spiro atoms. The molecule has 0 bridgehead atoms. The Bertz CT molecular complexity index is 801. The molecule has 30 heavy (non-hydrogen) atoms. The molecule has 13 unspecified atom stereocenters. The maximum Gasteiger partial charge on any atom is -0.00504 e. The molecule has 0 aromatic rings. The topological polar surface area (TPSA) is 0 Å². The second kappa shape index (κ2) is 6.29. The predicted octanol–water partition coefficient (Wildman–Crippen LogP) is 7.91. The molecule has 0 aliphatic heterocycles. The van der Waals surface area contributed by atoms with Crippen molar-refractivity contribution in [3.05, 3.63) is 23.3 Å². The predicted molar refractivity (Wildman–Crippen MR) is 125 cm³/mol. The Balaban J connectivity index is 1.40. The fourth-order valence-corrected chi connectivity index (χ4v) is 11.0. The lowest BCUT2D eigenvalue weighted by atomic mass is 9.46. The molecule has 7 rings (SSSR count). The van der Waals surface area contributed by atoms with Gasteiger partial charge in [-0.05, 0) is 128 Å². The van der Waals surface area contributed by atoms with E-state index in [0.717, 1.165) is 71.0 Å². The second-order valence-corrected chi connectivity index (χ2v) is 13.6. The molecule has 0 radical (unpaired) electrons. The molecule has 7 aliphatic rings. The Morgan fingerprint density at radius 1 is 0.900 bits per heavy atom. The van der Waals surface area contributed by atoms with Gasteiger partial charge in [-0.2, -0.15) is 0 Å². The number of hydrogen-bond acceptors (Lipinski definition) is 0. The van der Waals surface area contributed by atoms with Crippen LogP contribution in [0.5, 0.6) is 0 Å². The van der Waals surface area contributed by atoms with Gasteiger partial charge in [-0.15, -0.1) is 0 Å². The van der Waals surface area contributed by atoms with Gasteiger partial charge < -0.3 is 0 Å². The third-order valence-corrected chi connectivity index (χ3v) is 12.7. The Morgan fingerprint density at radius 2 is 1.77 bits per heavy atom. The van der Waals surface area contributed by atoms with Gasteiger partial charge in [-0.3, -0.25) is 0 Å². The van der Waals surface area contributed by atoms with Crippen LogP contribution in [0.3, 0.4) is 0 Å². The summed E-state index contributed by atoms with van der Waals surface area (Å²) in [4.78, 5) is 0. The summed E-state index contributed by atoms with van der Waals surface area (Å²) in [5.74, 6) is 12.0. The van der Waals surface area contributed by atoms with E-state index in [4.69, 9.17) is 0 Å². The van der Waals surface area contributed by atoms with Crippen LogP contribution in [0.25, 0.3) is 0 Å². The van der Waals surface area contributed by atoms with Gasteiger partial charge in [0.25, 0.3) is 0 Å². The first-order chi connectivity index (χ1) is 14.5. The molecule has 0 amide bonds. The van der Waals surface area contributed by atoms with Gasteiger partial charge in [0.1, 0.15) is 0 Å². The minimum Gasteiger partial charge on any atom is -0.0847 e. The van der Waals surface area contributed by atoms with Gasteiger partial charge in [0, 0.05) is 0 Å². The minimum atomic E-state index is 0.517. The standard InChI is InChI=1S/C30H44/c1-16-12-24-25(18(16)3)15-30(4)17(2)13-26(30)29-21-10-6-5-9-20(21)27-22(28(24)29)11-7-8-19-14-23(19)27/h9,13,16,18-19,21-29H,5-8,10-12,14-15H2,1-4H3. The molecule has 5 saturated carbocycles. The Labute approximate surface area is 185 Å². The van der Waals surface area contributed by atoms with Crippen molar-refractivity contribution in [2.45, 2.75) is 85.5 Å². The number of rotatable bonds is 0. The van der Waals surface area contributed by atoms with E-state index in [0.29, 0.717) is 5.41 Å². The van der Waals surface area contributed by atoms with Crippen LogP contribution in [0.2, 0.25) is 0 Å². The quantitative estimate of drug-likeness (QED) is 0.360. The first kappa shape index (κ1) is 19.0. The highest BCUT2D eigenvalue weighted by molar-refractivity contribution is 5.35. The van der Waals surface area contributed by atoms with Gasteiger partial charge in [-0.25, -0.2) is 0 Å². The van der Waals surface area contributed by atoms with E-state index in [1.54, 1.807) is 37.7 Å². The molecular formula is C30H44. The van der Waals surface area contributed by atoms with Crippen molar-refractivity contribution < 1.29 is 0 Å². The van der Waals surface area contributed by atoms with Crippen molar-refractivity contribution >= 4 is 0 Å². The molecule has 0 aromatic carbocycles. The molecule has 0 N–H and O–H groups in total. The van der Waals surface area contributed by atoms with E-state index in [-0.39, 0.29) is 0 Å². The highest BCUT2D eigenvalue weighted by Gasteiger charge is 2.65. The molecule has 0 heterocycles. The summed E-state index contributed by atoms with van der Waals surface area (Å²) < 4.78 is 0. The lowest BCUT2D eigenvalue weighted by Gasteiger charge is -2.58. The average Bonchev–Trinajstić information content (AvgIpc) is 3.48. The third-order valence-electron chi connectivity index (χ3n) is 12.7. The fourth-order valence-electron chi connectivity index (χ4n) is 11.0. The lowest BCUT2D eigenvalue weighted by Crippen LogP contribution is -2.52. The van der Waals surface area contributed by atoms with E-state index in [1.165, 1.54) is 25.7 Å². The largest absolute Gasteiger partial charge is 0.0847 e. The van der Waals surface area contributed by atoms with Crippen LogP contribution in [0.4, 0.5) is 0 Å². The maximum atomic E-state index is 2.82. The van der Waals surface area contributed by atoms with Crippen LogP contribution in [0.1, 0.15) is 85.5 Å². The second-order valence-electron chi connectivity index (χ2n) is 13.6. The Kier molecular flexibility index (Phi) is 3.98. The van der Waals surface area contributed by atoms with Crippen molar-refractivity contribution in [2.75, 3.05) is 0 Å². The van der Waals surface area contributed by atoms with Gasteiger partial charge >= 0.3 is 0 Å². The van der Waals surface area contributed by atoms with Crippen LogP contribution >= 0.6 is 0 Å². The zero-order valence-corrected chi connectivity index (χ0v) is 19.9. The van der Waals surface area contributed by atoms with Crippen molar-refractivity contribution in [1.29, 1.82) is 0 Å². The maximum absolute atomic E-state index is 2.82. The van der Waals surface area contributed by atoms with Gasteiger partial charge in [0.05, 0.1) is 0 Å². The van der Waals surface area contributed by atoms with Crippen LogP contribution in [0, 0.1) is 76.4 Å². The normalized spacial score (nSPS) is 60.7. The molecule has 7 aliphatic carbocycles. The lowest BCUT2D eigenvalue weighted by molar-refractivity contribution is -0.0157. The Morgan fingerprint density at radius 3 is 2.60 bits per heavy atom. The summed E-state index contributed by atoms with van der Waals surface area (Å²) >= 11 is 0. The van der Waals surface area contributed by atoms with E-state index in [2.05, 4.69) is 39.8 Å². The van der Waals surface area contributed by atoms with Crippen molar-refractivity contribution in [2.24, 2.45) is 76.4 Å². The van der Waals surface area contributed by atoms with Gasteiger partial charge in [0.15, 0.2) is 0 Å². The summed E-state index contributed by atoms with van der Waals surface area (Å²) in [6, 6.07) is 0. The average molecular weight is 405 g/mol. The van der Waals surface area contributed by atoms with E-state index in [9.17, 15) is 0 Å². The van der Waals surface area contributed by atoms with Crippen molar-refractivity contribution in [1.82, 2.24) is 0 Å². The van der Waals surface area contributed by atoms with E-state index in [1.807, 2.05) is 5.57 Å². The first-order valence-corrected chi connectivity index (χ1v) is 13.9. The highest BCUT2D eigenvalue weighted by Crippen LogP contribution is 2.72. The van der Waals surface area contributed by atoms with Crippen molar-refractivity contribution in [3.8, 4) is 0 Å². The molecule has 13 atom stereocenters. The van der Waals surface area contributed by atoms with E-state index >= 15 is 0 Å². The zero-order valence-electron chi connectivity index (χ0n) is 19.9. The molecule has 164 valence electrons. The summed E-state index contributed by atoms with van der Waals surface area (Å²) in [5, 5.41) is 0. The minimum absolute atomic E-state index is 0.517. The summed E-state index contributed by atoms with van der Waals surface area (Å²) in [7, 11) is 0. The van der Waals surface area contributed by atoms with Crippen molar-refractivity contribution in [3.63, 3.8) is 0 Å². The molecule has 0 aromatic heterocycles. The Hall–Kier alpha value is -0.520. The monoisotopic (exact) mass is 404 g/mol. The summed E-state index contributed by atoms with van der Waals surface area (Å²) in [6.45, 7) is 10.4.